The van der Waals surface area contributed by atoms with Crippen molar-refractivity contribution in [1.29, 1.82) is 0 Å². The van der Waals surface area contributed by atoms with Gasteiger partial charge in [0.25, 0.3) is 5.91 Å². The van der Waals surface area contributed by atoms with Gasteiger partial charge in [0, 0.05) is 6.54 Å². The quantitative estimate of drug-likeness (QED) is 0.796. The highest BCUT2D eigenvalue weighted by Gasteiger charge is 2.42. The molecule has 4 rings (SSSR count). The van der Waals surface area contributed by atoms with E-state index in [9.17, 15) is 19.1 Å². The molecule has 0 saturated carbocycles. The topological polar surface area (TPSA) is 70.8 Å². The van der Waals surface area contributed by atoms with Crippen LogP contribution in [0.2, 0.25) is 0 Å². The number of carbonyl (C=O) groups is 1. The predicted molar refractivity (Wildman–Crippen MR) is 88.8 cm³/mol. The van der Waals surface area contributed by atoms with Gasteiger partial charge in [0.05, 0.1) is 23.6 Å². The number of hydrogen-bond acceptors (Lipinski definition) is 4. The van der Waals surface area contributed by atoms with Gasteiger partial charge in [-0.25, -0.2) is 4.39 Å². The molecule has 1 aliphatic rings. The van der Waals surface area contributed by atoms with E-state index in [0.29, 0.717) is 16.5 Å². The number of carbonyl (C=O) groups excluding carboxylic acids is 1. The molecule has 0 unspecified atom stereocenters. The first-order valence-electron chi connectivity index (χ1n) is 7.85. The molecule has 1 atom stereocenters. The summed E-state index contributed by atoms with van der Waals surface area (Å²) in [5.41, 5.74) is 0.858. The van der Waals surface area contributed by atoms with Gasteiger partial charge < -0.3 is 14.4 Å². The van der Waals surface area contributed by atoms with Gasteiger partial charge in [-0.3, -0.25) is 9.59 Å². The fraction of sp³-hybridized carbons (Fsp3) is 0.158. The van der Waals surface area contributed by atoms with Gasteiger partial charge in [-0.2, -0.15) is 0 Å². The smallest absolute Gasteiger partial charge is 0.290 e. The van der Waals surface area contributed by atoms with Crippen molar-refractivity contribution in [1.82, 2.24) is 4.90 Å². The third-order valence-corrected chi connectivity index (χ3v) is 4.40. The molecule has 1 N–H and O–H groups in total. The number of aliphatic hydroxyl groups excluding tert-OH is 1. The molecule has 1 amide bonds. The molecule has 1 aromatic heterocycles. The summed E-state index contributed by atoms with van der Waals surface area (Å²) in [5, 5.41) is 9.71. The summed E-state index contributed by atoms with van der Waals surface area (Å²) in [6.45, 7) is -0.216. The van der Waals surface area contributed by atoms with Crippen molar-refractivity contribution >= 4 is 16.9 Å². The van der Waals surface area contributed by atoms with E-state index in [1.807, 2.05) is 0 Å². The van der Waals surface area contributed by atoms with Gasteiger partial charge in [-0.15, -0.1) is 0 Å². The van der Waals surface area contributed by atoms with Gasteiger partial charge in [-0.05, 0) is 29.8 Å². The zero-order valence-corrected chi connectivity index (χ0v) is 13.1. The van der Waals surface area contributed by atoms with Crippen molar-refractivity contribution in [2.75, 3.05) is 13.2 Å². The molecule has 2 heterocycles. The first-order chi connectivity index (χ1) is 12.1. The molecule has 0 bridgehead atoms. The van der Waals surface area contributed by atoms with Crippen LogP contribution in [0, 0.1) is 5.82 Å². The number of hydrogen-bond donors (Lipinski definition) is 1. The Morgan fingerprint density at radius 3 is 2.52 bits per heavy atom. The van der Waals surface area contributed by atoms with E-state index in [1.54, 1.807) is 24.3 Å². The average Bonchev–Trinajstić information content (AvgIpc) is 2.89. The Kier molecular flexibility index (Phi) is 3.62. The summed E-state index contributed by atoms with van der Waals surface area (Å²) in [5.74, 6) is -0.889. The van der Waals surface area contributed by atoms with Crippen molar-refractivity contribution in [2.24, 2.45) is 0 Å². The molecule has 1 aliphatic heterocycles. The number of benzene rings is 2. The van der Waals surface area contributed by atoms with Crippen LogP contribution in [-0.2, 0) is 0 Å². The van der Waals surface area contributed by atoms with Crippen LogP contribution in [-0.4, -0.2) is 29.1 Å². The van der Waals surface area contributed by atoms with E-state index in [1.165, 1.54) is 29.2 Å². The summed E-state index contributed by atoms with van der Waals surface area (Å²) in [6, 6.07) is 11.6. The average molecular weight is 339 g/mol. The lowest BCUT2D eigenvalue weighted by Gasteiger charge is -2.24. The molecule has 0 saturated heterocycles. The molecule has 0 aliphatic carbocycles. The summed E-state index contributed by atoms with van der Waals surface area (Å²) in [4.78, 5) is 27.1. The lowest BCUT2D eigenvalue weighted by atomic mass is 9.98. The minimum absolute atomic E-state index is 0.0218. The molecular formula is C19H14FNO4. The molecule has 5 nitrogen and oxygen atoms in total. The van der Waals surface area contributed by atoms with Crippen LogP contribution in [0.1, 0.15) is 27.7 Å². The molecular weight excluding hydrogens is 325 g/mol. The van der Waals surface area contributed by atoms with E-state index in [2.05, 4.69) is 0 Å². The first-order valence-corrected chi connectivity index (χ1v) is 7.85. The molecule has 25 heavy (non-hydrogen) atoms. The summed E-state index contributed by atoms with van der Waals surface area (Å²) < 4.78 is 19.0. The van der Waals surface area contributed by atoms with E-state index in [4.69, 9.17) is 4.42 Å². The third kappa shape index (κ3) is 2.34. The second-order valence-electron chi connectivity index (χ2n) is 5.85. The number of halogens is 1. The second-order valence-corrected chi connectivity index (χ2v) is 5.85. The third-order valence-electron chi connectivity index (χ3n) is 4.40. The van der Waals surface area contributed by atoms with Crippen molar-refractivity contribution in [3.8, 4) is 0 Å². The van der Waals surface area contributed by atoms with E-state index in [-0.39, 0.29) is 29.9 Å². The lowest BCUT2D eigenvalue weighted by molar-refractivity contribution is 0.0691. The monoisotopic (exact) mass is 339 g/mol. The highest BCUT2D eigenvalue weighted by molar-refractivity contribution is 5.99. The van der Waals surface area contributed by atoms with Crippen LogP contribution < -0.4 is 5.43 Å². The summed E-state index contributed by atoms with van der Waals surface area (Å²) in [6.07, 6.45) is 0. The number of fused-ring (bicyclic) bond motifs is 2. The Bertz CT molecular complexity index is 1030. The number of nitrogens with zero attached hydrogens (tertiary/aromatic N) is 1. The normalized spacial score (nSPS) is 16.5. The summed E-state index contributed by atoms with van der Waals surface area (Å²) >= 11 is 0. The number of amides is 1. The van der Waals surface area contributed by atoms with Crippen LogP contribution in [0.3, 0.4) is 0 Å². The molecule has 2 aromatic carbocycles. The zero-order valence-electron chi connectivity index (χ0n) is 13.1. The number of para-hydroxylation sites is 1. The minimum Gasteiger partial charge on any atom is -0.450 e. The Labute approximate surface area is 141 Å². The Balaban J connectivity index is 2.00. The van der Waals surface area contributed by atoms with E-state index in [0.717, 1.165) is 0 Å². The second kappa shape index (κ2) is 5.82. The molecule has 0 radical (unpaired) electrons. The van der Waals surface area contributed by atoms with Crippen LogP contribution in [0.25, 0.3) is 11.0 Å². The first kappa shape index (κ1) is 15.5. The van der Waals surface area contributed by atoms with Gasteiger partial charge in [0.15, 0.2) is 5.43 Å². The predicted octanol–water partition coefficient (Wildman–Crippen LogP) is 2.47. The van der Waals surface area contributed by atoms with Crippen LogP contribution in [0.15, 0.2) is 57.7 Å². The maximum atomic E-state index is 13.3. The fourth-order valence-corrected chi connectivity index (χ4v) is 3.30. The van der Waals surface area contributed by atoms with Crippen molar-refractivity contribution in [3.05, 3.63) is 81.5 Å². The number of rotatable bonds is 3. The number of aliphatic hydroxyl groups is 1. The minimum atomic E-state index is -0.712. The summed E-state index contributed by atoms with van der Waals surface area (Å²) in [7, 11) is 0. The fourth-order valence-electron chi connectivity index (χ4n) is 3.30. The van der Waals surface area contributed by atoms with Gasteiger partial charge in [0.2, 0.25) is 5.76 Å². The maximum absolute atomic E-state index is 13.3. The molecule has 126 valence electrons. The van der Waals surface area contributed by atoms with E-state index < -0.39 is 17.8 Å². The molecule has 0 spiro atoms. The van der Waals surface area contributed by atoms with Crippen molar-refractivity contribution < 1.29 is 18.7 Å². The Hall–Kier alpha value is -2.99. The largest absolute Gasteiger partial charge is 0.450 e. The van der Waals surface area contributed by atoms with Crippen molar-refractivity contribution in [2.45, 2.75) is 6.04 Å². The Morgan fingerprint density at radius 1 is 1.08 bits per heavy atom. The maximum Gasteiger partial charge on any atom is 0.290 e. The standard InChI is InChI=1S/C19H14FNO4/c20-12-7-5-11(6-8-12)16-15-17(23)13-3-1-2-4-14(13)25-18(15)19(24)21(16)9-10-22/h1-8,16,22H,9-10H2/t16-/m0/s1. The van der Waals surface area contributed by atoms with Crippen LogP contribution >= 0.6 is 0 Å². The number of β-amino-alcohol motifs (C(OH)–C–C–N with tert-alkyl or cyclic N) is 1. The molecule has 0 fully saturated rings. The highest BCUT2D eigenvalue weighted by atomic mass is 19.1. The molecule has 6 heteroatoms. The highest BCUT2D eigenvalue weighted by Crippen LogP contribution is 2.37. The van der Waals surface area contributed by atoms with Crippen LogP contribution in [0.5, 0.6) is 0 Å². The van der Waals surface area contributed by atoms with E-state index >= 15 is 0 Å². The SMILES string of the molecule is O=C1c2oc3ccccc3c(=O)c2[C@H](c2ccc(F)cc2)N1CCO. The van der Waals surface area contributed by atoms with Crippen molar-refractivity contribution in [3.63, 3.8) is 0 Å². The molecule has 3 aromatic rings. The van der Waals surface area contributed by atoms with Gasteiger partial charge in [0.1, 0.15) is 11.4 Å². The zero-order chi connectivity index (χ0) is 17.6. The van der Waals surface area contributed by atoms with Gasteiger partial charge in [-0.1, -0.05) is 24.3 Å². The lowest BCUT2D eigenvalue weighted by Crippen LogP contribution is -2.32. The van der Waals surface area contributed by atoms with Crippen LogP contribution in [0.4, 0.5) is 4.39 Å². The van der Waals surface area contributed by atoms with Gasteiger partial charge >= 0.3 is 0 Å². The Morgan fingerprint density at radius 2 is 1.80 bits per heavy atom.